The van der Waals surface area contributed by atoms with Crippen LogP contribution in [0, 0.1) is 11.8 Å². The molecule has 3 N–H and O–H groups in total. The Morgan fingerprint density at radius 2 is 2.03 bits per heavy atom. The van der Waals surface area contributed by atoms with Gasteiger partial charge in [-0.05, 0) is 61.3 Å². The zero-order chi connectivity index (χ0) is 24.6. The maximum absolute atomic E-state index is 13.5. The number of hydrogen-bond acceptors (Lipinski definition) is 5. The molecular formula is C26H33N5O4. The van der Waals surface area contributed by atoms with Gasteiger partial charge >= 0.3 is 0 Å². The number of carbonyl (C=O) groups excluding carboxylic acids is 3. The van der Waals surface area contributed by atoms with Gasteiger partial charge in [0.15, 0.2) is 0 Å². The minimum atomic E-state index is -0.662. The van der Waals surface area contributed by atoms with Crippen LogP contribution in [0.15, 0.2) is 30.5 Å². The predicted molar refractivity (Wildman–Crippen MR) is 131 cm³/mol. The summed E-state index contributed by atoms with van der Waals surface area (Å²) in [5.74, 6) is -0.00778. The van der Waals surface area contributed by atoms with Crippen LogP contribution in [0.25, 0.3) is 0 Å². The van der Waals surface area contributed by atoms with Crippen molar-refractivity contribution in [1.82, 2.24) is 15.1 Å². The lowest BCUT2D eigenvalue weighted by atomic mass is 9.75. The minimum Gasteiger partial charge on any atom is -0.381 e. The summed E-state index contributed by atoms with van der Waals surface area (Å²) in [7, 11) is 1.71. The molecule has 1 aromatic carbocycles. The van der Waals surface area contributed by atoms with Crippen LogP contribution in [0.1, 0.15) is 61.5 Å². The van der Waals surface area contributed by atoms with Crippen molar-refractivity contribution in [3.63, 3.8) is 0 Å². The molecule has 3 aliphatic rings. The molecule has 0 bridgehead atoms. The Kier molecular flexibility index (Phi) is 6.35. The summed E-state index contributed by atoms with van der Waals surface area (Å²) in [5, 5.41) is 13.1. The summed E-state index contributed by atoms with van der Waals surface area (Å²) >= 11 is 0. The molecule has 1 spiro atoms. The summed E-state index contributed by atoms with van der Waals surface area (Å²) in [6.45, 7) is 3.31. The van der Waals surface area contributed by atoms with Crippen molar-refractivity contribution in [2.75, 3.05) is 23.8 Å². The fourth-order valence-electron chi connectivity index (χ4n) is 5.94. The van der Waals surface area contributed by atoms with E-state index in [0.717, 1.165) is 36.9 Å². The van der Waals surface area contributed by atoms with Gasteiger partial charge < -0.3 is 20.7 Å². The Morgan fingerprint density at radius 3 is 2.74 bits per heavy atom. The number of amides is 3. The molecule has 2 aromatic rings. The summed E-state index contributed by atoms with van der Waals surface area (Å²) in [5.41, 5.74) is 2.16. The van der Waals surface area contributed by atoms with Gasteiger partial charge in [-0.1, -0.05) is 25.8 Å². The molecule has 1 unspecified atom stereocenters. The Balaban J connectivity index is 1.36. The molecule has 186 valence electrons. The fourth-order valence-corrected chi connectivity index (χ4v) is 5.94. The van der Waals surface area contributed by atoms with Gasteiger partial charge in [0.1, 0.15) is 11.7 Å². The van der Waals surface area contributed by atoms with E-state index in [1.165, 1.54) is 4.68 Å². The largest absolute Gasteiger partial charge is 0.381 e. The van der Waals surface area contributed by atoms with E-state index in [4.69, 9.17) is 4.74 Å². The standard InChI is InChI=1S/C26H33N5O4/c1-16-4-3-5-17(14-16)22(30-23(32)21-8-11-27-31(21)2)24(33)28-18-6-7-19-20(15-18)29-25(34)26(19)9-12-35-13-10-26/h6-8,11,15-17,22H,3-5,9-10,12-14H2,1-2H3,(H,28,33)(H,29,34)(H,30,32)/t16-,17?,22+/m1/s1. The maximum Gasteiger partial charge on any atom is 0.270 e. The van der Waals surface area contributed by atoms with Crippen molar-refractivity contribution in [2.24, 2.45) is 18.9 Å². The molecule has 5 rings (SSSR count). The van der Waals surface area contributed by atoms with E-state index in [1.807, 2.05) is 18.2 Å². The van der Waals surface area contributed by atoms with Gasteiger partial charge in [-0.2, -0.15) is 5.10 Å². The topological polar surface area (TPSA) is 114 Å². The number of fused-ring (bicyclic) bond motifs is 2. The summed E-state index contributed by atoms with van der Waals surface area (Å²) in [4.78, 5) is 39.3. The van der Waals surface area contributed by atoms with Gasteiger partial charge in [0.05, 0.1) is 5.41 Å². The molecule has 9 heteroatoms. The molecule has 2 fully saturated rings. The highest BCUT2D eigenvalue weighted by atomic mass is 16.5. The Hall–Kier alpha value is -3.20. The van der Waals surface area contributed by atoms with E-state index in [-0.39, 0.29) is 23.6 Å². The molecule has 2 aliphatic heterocycles. The molecule has 3 heterocycles. The number of nitrogens with one attached hydrogen (secondary N) is 3. The Labute approximate surface area is 205 Å². The van der Waals surface area contributed by atoms with Crippen molar-refractivity contribution in [2.45, 2.75) is 56.9 Å². The summed E-state index contributed by atoms with van der Waals surface area (Å²) in [6, 6.07) is 6.57. The normalized spacial score (nSPS) is 23.9. The second kappa shape index (κ2) is 9.45. The molecule has 1 saturated carbocycles. The van der Waals surface area contributed by atoms with Gasteiger partial charge in [0.2, 0.25) is 11.8 Å². The lowest BCUT2D eigenvalue weighted by Crippen LogP contribution is -2.50. The van der Waals surface area contributed by atoms with Crippen LogP contribution in [-0.2, 0) is 26.8 Å². The number of ether oxygens (including phenoxy) is 1. The van der Waals surface area contributed by atoms with Crippen molar-refractivity contribution < 1.29 is 19.1 Å². The average Bonchev–Trinajstić information content (AvgIpc) is 3.38. The van der Waals surface area contributed by atoms with Crippen LogP contribution in [0.2, 0.25) is 0 Å². The fraction of sp³-hybridized carbons (Fsp3) is 0.538. The molecule has 3 atom stereocenters. The van der Waals surface area contributed by atoms with Crippen molar-refractivity contribution in [3.8, 4) is 0 Å². The molecular weight excluding hydrogens is 446 g/mol. The molecule has 35 heavy (non-hydrogen) atoms. The van der Waals surface area contributed by atoms with Gasteiger partial charge in [-0.3, -0.25) is 19.1 Å². The zero-order valence-electron chi connectivity index (χ0n) is 20.3. The number of anilines is 2. The number of benzene rings is 1. The molecule has 1 saturated heterocycles. The third-order valence-corrected chi connectivity index (χ3v) is 7.90. The van der Waals surface area contributed by atoms with Crippen molar-refractivity contribution >= 4 is 29.1 Å². The molecule has 1 aliphatic carbocycles. The summed E-state index contributed by atoms with van der Waals surface area (Å²) < 4.78 is 6.98. The van der Waals surface area contributed by atoms with Crippen LogP contribution >= 0.6 is 0 Å². The number of hydrogen-bond donors (Lipinski definition) is 3. The lowest BCUT2D eigenvalue weighted by molar-refractivity contribution is -0.124. The van der Waals surface area contributed by atoms with E-state index in [9.17, 15) is 14.4 Å². The molecule has 1 aromatic heterocycles. The third kappa shape index (κ3) is 4.45. The Bertz CT molecular complexity index is 1140. The first kappa shape index (κ1) is 23.5. The average molecular weight is 480 g/mol. The smallest absolute Gasteiger partial charge is 0.270 e. The number of aromatic nitrogens is 2. The molecule has 3 amide bonds. The maximum atomic E-state index is 13.5. The van der Waals surface area contributed by atoms with E-state index in [1.54, 1.807) is 19.3 Å². The number of carbonyl (C=O) groups is 3. The lowest BCUT2D eigenvalue weighted by Gasteiger charge is -2.33. The second-order valence-electron chi connectivity index (χ2n) is 10.2. The van der Waals surface area contributed by atoms with E-state index >= 15 is 0 Å². The van der Waals surface area contributed by atoms with E-state index in [0.29, 0.717) is 43.4 Å². The highest BCUT2D eigenvalue weighted by Gasteiger charge is 2.47. The van der Waals surface area contributed by atoms with Crippen molar-refractivity contribution in [3.05, 3.63) is 41.7 Å². The quantitative estimate of drug-likeness (QED) is 0.610. The molecule has 0 radical (unpaired) electrons. The highest BCUT2D eigenvalue weighted by Crippen LogP contribution is 2.45. The third-order valence-electron chi connectivity index (χ3n) is 7.90. The number of rotatable bonds is 5. The monoisotopic (exact) mass is 479 g/mol. The first-order chi connectivity index (χ1) is 16.9. The Morgan fingerprint density at radius 1 is 1.23 bits per heavy atom. The van der Waals surface area contributed by atoms with Gasteiger partial charge in [0, 0.05) is 37.8 Å². The SMILES string of the molecule is C[C@@H]1CCCC([C@H](NC(=O)c2ccnn2C)C(=O)Nc2ccc3c(c2)NC(=O)C32CCOCC2)C1. The van der Waals surface area contributed by atoms with Crippen LogP contribution in [0.3, 0.4) is 0 Å². The number of nitrogens with zero attached hydrogens (tertiary/aromatic N) is 2. The summed E-state index contributed by atoms with van der Waals surface area (Å²) in [6.07, 6.45) is 6.81. The van der Waals surface area contributed by atoms with Gasteiger partial charge in [-0.15, -0.1) is 0 Å². The van der Waals surface area contributed by atoms with Crippen LogP contribution < -0.4 is 16.0 Å². The van der Waals surface area contributed by atoms with Gasteiger partial charge in [-0.25, -0.2) is 0 Å². The molecule has 9 nitrogen and oxygen atoms in total. The second-order valence-corrected chi connectivity index (χ2v) is 10.2. The first-order valence-corrected chi connectivity index (χ1v) is 12.5. The van der Waals surface area contributed by atoms with Crippen LogP contribution in [0.4, 0.5) is 11.4 Å². The zero-order valence-corrected chi connectivity index (χ0v) is 20.3. The van der Waals surface area contributed by atoms with Gasteiger partial charge in [0.25, 0.3) is 5.91 Å². The van der Waals surface area contributed by atoms with Crippen LogP contribution in [-0.4, -0.2) is 46.8 Å². The predicted octanol–water partition coefficient (Wildman–Crippen LogP) is 2.98. The van der Waals surface area contributed by atoms with Crippen molar-refractivity contribution in [1.29, 1.82) is 0 Å². The minimum absolute atomic E-state index is 0.00298. The van der Waals surface area contributed by atoms with E-state index < -0.39 is 11.5 Å². The van der Waals surface area contributed by atoms with E-state index in [2.05, 4.69) is 28.0 Å². The van der Waals surface area contributed by atoms with Crippen LogP contribution in [0.5, 0.6) is 0 Å². The first-order valence-electron chi connectivity index (χ1n) is 12.5. The highest BCUT2D eigenvalue weighted by molar-refractivity contribution is 6.07. The number of aryl methyl sites for hydroxylation is 1.